The Balaban J connectivity index is 1.93. The number of nitrogens with two attached hydrogens (primary N) is 1. The molecule has 0 atom stereocenters. The molecule has 1 aromatic carbocycles. The molecule has 0 amide bonds. The van der Waals surface area contributed by atoms with Gasteiger partial charge < -0.3 is 11.1 Å². The first-order valence-corrected chi connectivity index (χ1v) is 5.88. The van der Waals surface area contributed by atoms with Crippen LogP contribution in [0.4, 0.5) is 0 Å². The molecule has 1 aromatic rings. The van der Waals surface area contributed by atoms with Gasteiger partial charge in [0.15, 0.2) is 0 Å². The van der Waals surface area contributed by atoms with Gasteiger partial charge in [0, 0.05) is 0 Å². The number of nitrogens with one attached hydrogen (secondary N) is 1. The van der Waals surface area contributed by atoms with E-state index in [0.29, 0.717) is 0 Å². The van der Waals surface area contributed by atoms with Crippen molar-refractivity contribution in [2.24, 2.45) is 5.73 Å². The summed E-state index contributed by atoms with van der Waals surface area (Å²) in [6.07, 6.45) is 4.79. The number of aryl methyl sites for hydroxylation is 1. The lowest BCUT2D eigenvalue weighted by molar-refractivity contribution is 0.607. The van der Waals surface area contributed by atoms with E-state index in [9.17, 15) is 0 Å². The van der Waals surface area contributed by atoms with Crippen molar-refractivity contribution in [1.29, 1.82) is 0 Å². The Bertz CT molecular complexity index is 234. The van der Waals surface area contributed by atoms with Gasteiger partial charge in [-0.1, -0.05) is 30.3 Å². The summed E-state index contributed by atoms with van der Waals surface area (Å²) in [6, 6.07) is 10.7. The number of benzene rings is 1. The van der Waals surface area contributed by atoms with E-state index in [1.807, 2.05) is 0 Å². The molecule has 0 heterocycles. The summed E-state index contributed by atoms with van der Waals surface area (Å²) < 4.78 is 0. The minimum Gasteiger partial charge on any atom is -0.330 e. The van der Waals surface area contributed by atoms with E-state index in [-0.39, 0.29) is 0 Å². The summed E-state index contributed by atoms with van der Waals surface area (Å²) in [5.74, 6) is 0. The smallest absolute Gasteiger partial charge is 0.00369 e. The van der Waals surface area contributed by atoms with Crippen LogP contribution in [0.1, 0.15) is 24.8 Å². The van der Waals surface area contributed by atoms with Crippen LogP contribution in [0, 0.1) is 0 Å². The van der Waals surface area contributed by atoms with Crippen LogP contribution in [-0.2, 0) is 6.42 Å². The Morgan fingerprint density at radius 3 is 2.40 bits per heavy atom. The molecule has 0 bridgehead atoms. The Labute approximate surface area is 92.9 Å². The van der Waals surface area contributed by atoms with Crippen molar-refractivity contribution in [3.63, 3.8) is 0 Å². The van der Waals surface area contributed by atoms with Gasteiger partial charge in [-0.25, -0.2) is 0 Å². The van der Waals surface area contributed by atoms with E-state index < -0.39 is 0 Å². The summed E-state index contributed by atoms with van der Waals surface area (Å²) >= 11 is 0. The second-order valence-electron chi connectivity index (χ2n) is 3.83. The molecule has 0 aliphatic heterocycles. The largest absolute Gasteiger partial charge is 0.330 e. The maximum absolute atomic E-state index is 5.41. The summed E-state index contributed by atoms with van der Waals surface area (Å²) in [7, 11) is 0. The van der Waals surface area contributed by atoms with Crippen LogP contribution in [0.3, 0.4) is 0 Å². The third-order valence-corrected chi connectivity index (χ3v) is 2.47. The maximum Gasteiger partial charge on any atom is -0.00369 e. The summed E-state index contributed by atoms with van der Waals surface area (Å²) in [4.78, 5) is 0. The average Bonchev–Trinajstić information content (AvgIpc) is 2.29. The van der Waals surface area contributed by atoms with Gasteiger partial charge in [0.25, 0.3) is 0 Å². The molecule has 0 saturated carbocycles. The van der Waals surface area contributed by atoms with Crippen LogP contribution < -0.4 is 11.1 Å². The normalized spacial score (nSPS) is 10.5. The van der Waals surface area contributed by atoms with E-state index in [1.54, 1.807) is 0 Å². The Hall–Kier alpha value is -0.860. The zero-order chi connectivity index (χ0) is 10.8. The Morgan fingerprint density at radius 2 is 1.67 bits per heavy atom. The highest BCUT2D eigenvalue weighted by Crippen LogP contribution is 2.03. The SMILES string of the molecule is NCCCNCCCCc1ccccc1. The molecule has 3 N–H and O–H groups in total. The maximum atomic E-state index is 5.41. The standard InChI is InChI=1S/C13H22N2/c14-10-6-12-15-11-5-4-9-13-7-2-1-3-8-13/h1-3,7-8,15H,4-6,9-12,14H2. The fourth-order valence-electron chi connectivity index (χ4n) is 1.58. The Morgan fingerprint density at radius 1 is 0.933 bits per heavy atom. The van der Waals surface area contributed by atoms with Crippen LogP contribution in [0.25, 0.3) is 0 Å². The molecule has 15 heavy (non-hydrogen) atoms. The third kappa shape index (κ3) is 6.26. The van der Waals surface area contributed by atoms with Crippen molar-refractivity contribution in [3.8, 4) is 0 Å². The summed E-state index contributed by atoms with van der Waals surface area (Å²) in [5, 5.41) is 3.39. The van der Waals surface area contributed by atoms with E-state index >= 15 is 0 Å². The minimum atomic E-state index is 0.789. The average molecular weight is 206 g/mol. The lowest BCUT2D eigenvalue weighted by Crippen LogP contribution is -2.19. The monoisotopic (exact) mass is 206 g/mol. The highest BCUT2D eigenvalue weighted by Gasteiger charge is 1.92. The predicted molar refractivity (Wildman–Crippen MR) is 65.9 cm³/mol. The fourth-order valence-corrected chi connectivity index (χ4v) is 1.58. The number of hydrogen-bond acceptors (Lipinski definition) is 2. The molecule has 0 aliphatic rings. The molecular weight excluding hydrogens is 184 g/mol. The van der Waals surface area contributed by atoms with Gasteiger partial charge >= 0.3 is 0 Å². The van der Waals surface area contributed by atoms with Crippen LogP contribution in [0.2, 0.25) is 0 Å². The quantitative estimate of drug-likeness (QED) is 0.638. The zero-order valence-corrected chi connectivity index (χ0v) is 9.41. The van der Waals surface area contributed by atoms with E-state index in [1.165, 1.54) is 24.8 Å². The molecule has 0 saturated heterocycles. The van der Waals surface area contributed by atoms with Gasteiger partial charge in [0.05, 0.1) is 0 Å². The molecule has 0 fully saturated rings. The highest BCUT2D eigenvalue weighted by molar-refractivity contribution is 5.14. The van der Waals surface area contributed by atoms with Gasteiger partial charge in [-0.15, -0.1) is 0 Å². The molecular formula is C13H22N2. The summed E-state index contributed by atoms with van der Waals surface area (Å²) in [6.45, 7) is 2.96. The molecule has 0 radical (unpaired) electrons. The molecule has 0 aliphatic carbocycles. The lowest BCUT2D eigenvalue weighted by Gasteiger charge is -2.03. The van der Waals surface area contributed by atoms with E-state index in [2.05, 4.69) is 35.6 Å². The Kier molecular flexibility index (Phi) is 6.88. The molecule has 2 nitrogen and oxygen atoms in total. The van der Waals surface area contributed by atoms with Crippen LogP contribution in [0.15, 0.2) is 30.3 Å². The molecule has 0 spiro atoms. The molecule has 2 heteroatoms. The van der Waals surface area contributed by atoms with Gasteiger partial charge in [-0.05, 0) is 50.9 Å². The van der Waals surface area contributed by atoms with Crippen molar-refractivity contribution in [3.05, 3.63) is 35.9 Å². The molecule has 0 aromatic heterocycles. The van der Waals surface area contributed by atoms with Crippen molar-refractivity contribution in [1.82, 2.24) is 5.32 Å². The second kappa shape index (κ2) is 8.45. The van der Waals surface area contributed by atoms with Crippen molar-refractivity contribution in [2.75, 3.05) is 19.6 Å². The first kappa shape index (κ1) is 12.2. The first-order chi connectivity index (χ1) is 7.43. The molecule has 0 unspecified atom stereocenters. The minimum absolute atomic E-state index is 0.789. The van der Waals surface area contributed by atoms with Crippen LogP contribution in [0.5, 0.6) is 0 Å². The van der Waals surface area contributed by atoms with Crippen LogP contribution >= 0.6 is 0 Å². The molecule has 1 rings (SSSR count). The zero-order valence-electron chi connectivity index (χ0n) is 9.41. The second-order valence-corrected chi connectivity index (χ2v) is 3.83. The number of hydrogen-bond donors (Lipinski definition) is 2. The predicted octanol–water partition coefficient (Wildman–Crippen LogP) is 1.95. The third-order valence-electron chi connectivity index (χ3n) is 2.47. The highest BCUT2D eigenvalue weighted by atomic mass is 14.8. The van der Waals surface area contributed by atoms with Gasteiger partial charge in [-0.2, -0.15) is 0 Å². The van der Waals surface area contributed by atoms with Crippen molar-refractivity contribution in [2.45, 2.75) is 25.7 Å². The topological polar surface area (TPSA) is 38.0 Å². The van der Waals surface area contributed by atoms with E-state index in [4.69, 9.17) is 5.73 Å². The van der Waals surface area contributed by atoms with Crippen LogP contribution in [-0.4, -0.2) is 19.6 Å². The van der Waals surface area contributed by atoms with Gasteiger partial charge in [-0.3, -0.25) is 0 Å². The van der Waals surface area contributed by atoms with E-state index in [0.717, 1.165) is 26.1 Å². The fraction of sp³-hybridized carbons (Fsp3) is 0.538. The lowest BCUT2D eigenvalue weighted by atomic mass is 10.1. The van der Waals surface area contributed by atoms with Crippen molar-refractivity contribution < 1.29 is 0 Å². The number of unbranched alkanes of at least 4 members (excludes halogenated alkanes) is 1. The van der Waals surface area contributed by atoms with Gasteiger partial charge in [0.2, 0.25) is 0 Å². The first-order valence-electron chi connectivity index (χ1n) is 5.88. The van der Waals surface area contributed by atoms with Gasteiger partial charge in [0.1, 0.15) is 0 Å². The summed E-state index contributed by atoms with van der Waals surface area (Å²) in [5.41, 5.74) is 6.85. The number of rotatable bonds is 8. The van der Waals surface area contributed by atoms with Crippen molar-refractivity contribution >= 4 is 0 Å². The molecule has 84 valence electrons.